The van der Waals surface area contributed by atoms with Crippen molar-refractivity contribution in [2.75, 3.05) is 13.7 Å². The molecular weight excluding hydrogens is 430 g/mol. The molecule has 0 aliphatic carbocycles. The standard InChI is InChI=1S/C20H24BrNO4S/c1-7-26-14-9-12(8-13(21)18(14)25-6)10-15-19(24)22(5)17(27-15)11-16(23)20(2,3)4/h8-11H,7H2,1-6H3/b15-10-,17-11-. The first kappa shape index (κ1) is 21.4. The fraction of sp³-hybridized carbons (Fsp3) is 0.400. The van der Waals surface area contributed by atoms with E-state index in [0.29, 0.717) is 27.3 Å². The number of benzene rings is 1. The highest BCUT2D eigenvalue weighted by Gasteiger charge is 2.19. The van der Waals surface area contributed by atoms with Gasteiger partial charge in [0.1, 0.15) is 4.66 Å². The summed E-state index contributed by atoms with van der Waals surface area (Å²) in [6.45, 7) is 7.96. The average Bonchev–Trinajstić information content (AvgIpc) is 2.82. The highest BCUT2D eigenvalue weighted by Crippen LogP contribution is 2.36. The normalized spacial score (nSPS) is 13.1. The predicted octanol–water partition coefficient (Wildman–Crippen LogP) is 2.84. The van der Waals surface area contributed by atoms with Crippen molar-refractivity contribution in [3.63, 3.8) is 0 Å². The number of thiazole rings is 1. The monoisotopic (exact) mass is 453 g/mol. The van der Waals surface area contributed by atoms with Gasteiger partial charge < -0.3 is 14.0 Å². The Balaban J connectivity index is 2.62. The Kier molecular flexibility index (Phi) is 6.70. The second-order valence-corrected chi connectivity index (χ2v) is 8.96. The molecule has 5 nitrogen and oxygen atoms in total. The van der Waals surface area contributed by atoms with Crippen LogP contribution in [-0.2, 0) is 11.8 Å². The van der Waals surface area contributed by atoms with Gasteiger partial charge in [0, 0.05) is 18.5 Å². The lowest BCUT2D eigenvalue weighted by Gasteiger charge is -2.12. The molecule has 0 N–H and O–H groups in total. The number of aromatic nitrogens is 1. The maximum Gasteiger partial charge on any atom is 0.268 e. The van der Waals surface area contributed by atoms with Gasteiger partial charge in [-0.25, -0.2) is 0 Å². The maximum atomic E-state index is 12.6. The molecule has 1 heterocycles. The van der Waals surface area contributed by atoms with Gasteiger partial charge in [0.2, 0.25) is 0 Å². The first-order chi connectivity index (χ1) is 12.6. The number of carbonyl (C=O) groups is 1. The molecule has 0 atom stereocenters. The molecule has 0 aliphatic heterocycles. The summed E-state index contributed by atoms with van der Waals surface area (Å²) in [5.74, 6) is 1.19. The summed E-state index contributed by atoms with van der Waals surface area (Å²) in [4.78, 5) is 24.9. The van der Waals surface area contributed by atoms with Gasteiger partial charge in [-0.3, -0.25) is 9.59 Å². The lowest BCUT2D eigenvalue weighted by atomic mass is 9.91. The lowest BCUT2D eigenvalue weighted by molar-refractivity contribution is -0.120. The number of halogens is 1. The number of ether oxygens (including phenoxy) is 2. The van der Waals surface area contributed by atoms with Crippen LogP contribution in [0.25, 0.3) is 12.2 Å². The van der Waals surface area contributed by atoms with Crippen LogP contribution >= 0.6 is 27.3 Å². The minimum atomic E-state index is -0.489. The van der Waals surface area contributed by atoms with Crippen molar-refractivity contribution >= 4 is 45.2 Å². The van der Waals surface area contributed by atoms with Crippen LogP contribution in [-0.4, -0.2) is 24.1 Å². The van der Waals surface area contributed by atoms with Gasteiger partial charge in [-0.2, -0.15) is 0 Å². The number of ketones is 1. The van der Waals surface area contributed by atoms with Crippen LogP contribution < -0.4 is 24.2 Å². The molecule has 2 aromatic rings. The molecule has 0 saturated carbocycles. The third-order valence-corrected chi connectivity index (χ3v) is 5.59. The van der Waals surface area contributed by atoms with Crippen LogP contribution in [0.15, 0.2) is 21.4 Å². The Morgan fingerprint density at radius 1 is 1.33 bits per heavy atom. The van der Waals surface area contributed by atoms with Gasteiger partial charge in [0.05, 0.1) is 22.7 Å². The summed E-state index contributed by atoms with van der Waals surface area (Å²) < 4.78 is 14.4. The molecule has 0 spiro atoms. The van der Waals surface area contributed by atoms with E-state index in [0.717, 1.165) is 10.0 Å². The molecule has 27 heavy (non-hydrogen) atoms. The molecule has 146 valence electrons. The molecular formula is C20H24BrNO4S. The molecule has 0 fully saturated rings. The van der Waals surface area contributed by atoms with Gasteiger partial charge in [0.15, 0.2) is 17.3 Å². The second kappa shape index (κ2) is 8.44. The van der Waals surface area contributed by atoms with E-state index in [9.17, 15) is 9.59 Å². The molecule has 1 aromatic heterocycles. The van der Waals surface area contributed by atoms with Crippen molar-refractivity contribution in [1.29, 1.82) is 0 Å². The van der Waals surface area contributed by atoms with Crippen LogP contribution in [0.2, 0.25) is 0 Å². The SMILES string of the molecule is CCOc1cc(/C=c2\s/c(=C\C(=O)C(C)(C)C)n(C)c2=O)cc(Br)c1OC. The fourth-order valence-corrected chi connectivity index (χ4v) is 3.97. The van der Waals surface area contributed by atoms with Crippen molar-refractivity contribution in [2.45, 2.75) is 27.7 Å². The highest BCUT2D eigenvalue weighted by atomic mass is 79.9. The second-order valence-electron chi connectivity index (χ2n) is 7.04. The predicted molar refractivity (Wildman–Crippen MR) is 113 cm³/mol. The highest BCUT2D eigenvalue weighted by molar-refractivity contribution is 9.10. The maximum absolute atomic E-state index is 12.6. The lowest BCUT2D eigenvalue weighted by Crippen LogP contribution is -2.30. The van der Waals surface area contributed by atoms with Gasteiger partial charge >= 0.3 is 0 Å². The zero-order chi connectivity index (χ0) is 20.4. The number of hydrogen-bond acceptors (Lipinski definition) is 5. The van der Waals surface area contributed by atoms with Crippen molar-refractivity contribution in [3.8, 4) is 11.5 Å². The Hall–Kier alpha value is -1.86. The number of rotatable bonds is 5. The Bertz CT molecular complexity index is 1030. The average molecular weight is 454 g/mol. The van der Waals surface area contributed by atoms with E-state index in [1.165, 1.54) is 15.9 Å². The molecule has 0 radical (unpaired) electrons. The molecule has 0 aliphatic rings. The number of methoxy groups -OCH3 is 1. The molecule has 2 rings (SSSR count). The van der Waals surface area contributed by atoms with Gasteiger partial charge in [-0.15, -0.1) is 11.3 Å². The topological polar surface area (TPSA) is 57.5 Å². The minimum absolute atomic E-state index is 0.0169. The van der Waals surface area contributed by atoms with E-state index >= 15 is 0 Å². The third-order valence-electron chi connectivity index (χ3n) is 3.89. The van der Waals surface area contributed by atoms with Gasteiger partial charge in [-0.05, 0) is 46.6 Å². The van der Waals surface area contributed by atoms with Crippen LogP contribution in [0.3, 0.4) is 0 Å². The molecule has 0 bridgehead atoms. The quantitative estimate of drug-likeness (QED) is 0.698. The van der Waals surface area contributed by atoms with Crippen LogP contribution in [0, 0.1) is 5.41 Å². The summed E-state index contributed by atoms with van der Waals surface area (Å²) in [7, 11) is 3.25. The number of Topliss-reactive ketones (excluding diaryl/α,β-unsaturated/α-hetero) is 1. The Morgan fingerprint density at radius 3 is 2.56 bits per heavy atom. The zero-order valence-corrected chi connectivity index (χ0v) is 18.8. The summed E-state index contributed by atoms with van der Waals surface area (Å²) in [5, 5.41) is 0. The van der Waals surface area contributed by atoms with Crippen LogP contribution in [0.1, 0.15) is 33.3 Å². The molecule has 0 amide bonds. The van der Waals surface area contributed by atoms with E-state index < -0.39 is 5.41 Å². The number of nitrogens with zero attached hydrogens (tertiary/aromatic N) is 1. The Morgan fingerprint density at radius 2 is 2.00 bits per heavy atom. The van der Waals surface area contributed by atoms with E-state index in [1.807, 2.05) is 39.8 Å². The molecule has 7 heteroatoms. The van der Waals surface area contributed by atoms with Crippen LogP contribution in [0.4, 0.5) is 0 Å². The Labute approximate surface area is 171 Å². The van der Waals surface area contributed by atoms with E-state index in [4.69, 9.17) is 9.47 Å². The van der Waals surface area contributed by atoms with Crippen molar-refractivity contribution < 1.29 is 14.3 Å². The summed E-state index contributed by atoms with van der Waals surface area (Å²) in [6, 6.07) is 3.69. The smallest absolute Gasteiger partial charge is 0.268 e. The summed E-state index contributed by atoms with van der Waals surface area (Å²) >= 11 is 4.77. The van der Waals surface area contributed by atoms with Gasteiger partial charge in [0.25, 0.3) is 5.56 Å². The summed E-state index contributed by atoms with van der Waals surface area (Å²) in [5.41, 5.74) is 0.175. The zero-order valence-electron chi connectivity index (χ0n) is 16.4. The minimum Gasteiger partial charge on any atom is -0.492 e. The summed E-state index contributed by atoms with van der Waals surface area (Å²) in [6.07, 6.45) is 3.33. The number of carbonyl (C=O) groups excluding carboxylic acids is 1. The molecule has 1 aromatic carbocycles. The first-order valence-electron chi connectivity index (χ1n) is 8.52. The third kappa shape index (κ3) is 4.90. The molecule has 0 saturated heterocycles. The fourth-order valence-electron chi connectivity index (χ4n) is 2.32. The van der Waals surface area contributed by atoms with Crippen molar-refractivity contribution in [1.82, 2.24) is 4.57 Å². The van der Waals surface area contributed by atoms with Gasteiger partial charge in [-0.1, -0.05) is 20.8 Å². The molecule has 0 unspecified atom stereocenters. The van der Waals surface area contributed by atoms with Crippen molar-refractivity contribution in [2.24, 2.45) is 12.5 Å². The van der Waals surface area contributed by atoms with Crippen molar-refractivity contribution in [3.05, 3.63) is 41.7 Å². The first-order valence-corrected chi connectivity index (χ1v) is 10.1. The van der Waals surface area contributed by atoms with E-state index in [2.05, 4.69) is 15.9 Å². The van der Waals surface area contributed by atoms with E-state index in [-0.39, 0.29) is 11.3 Å². The van der Waals surface area contributed by atoms with E-state index in [1.54, 1.807) is 26.3 Å². The largest absolute Gasteiger partial charge is 0.492 e. The van der Waals surface area contributed by atoms with Crippen LogP contribution in [0.5, 0.6) is 11.5 Å². The number of hydrogen-bond donors (Lipinski definition) is 0.